The number of carbonyl (C=O) groups excluding carboxylic acids is 2. The molecule has 0 aliphatic heterocycles. The lowest BCUT2D eigenvalue weighted by Crippen LogP contribution is -2.21. The zero-order valence-electron chi connectivity index (χ0n) is 18.8. The molecule has 2 heterocycles. The van der Waals surface area contributed by atoms with E-state index in [0.29, 0.717) is 11.3 Å². The topological polar surface area (TPSA) is 93.5 Å². The second kappa shape index (κ2) is 12.3. The van der Waals surface area contributed by atoms with Crippen LogP contribution in [0.15, 0.2) is 77.5 Å². The van der Waals surface area contributed by atoms with Crippen molar-refractivity contribution < 1.29 is 18.7 Å². The van der Waals surface area contributed by atoms with Crippen LogP contribution in [0.5, 0.6) is 0 Å². The summed E-state index contributed by atoms with van der Waals surface area (Å²) in [6.07, 6.45) is 6.32. The normalized spacial score (nSPS) is 10.6. The monoisotopic (exact) mass is 467 g/mol. The number of halogens is 1. The number of ether oxygens (including phenoxy) is 1. The van der Waals surface area contributed by atoms with E-state index in [9.17, 15) is 9.59 Å². The lowest BCUT2D eigenvalue weighted by molar-refractivity contribution is 0.0491. The molecule has 8 heteroatoms. The summed E-state index contributed by atoms with van der Waals surface area (Å²) >= 11 is 6.03. The summed E-state index contributed by atoms with van der Waals surface area (Å²) < 4.78 is 10.7. The number of nitrogens with zero attached hydrogens (tertiary/aromatic N) is 1. The highest BCUT2D eigenvalue weighted by molar-refractivity contribution is 6.36. The minimum atomic E-state index is -0.728. The molecule has 3 rings (SSSR count). The first-order valence-electron chi connectivity index (χ1n) is 10.3. The zero-order chi connectivity index (χ0) is 24.4. The number of hydrogen-bond acceptors (Lipinski definition) is 5. The van der Waals surface area contributed by atoms with E-state index in [1.165, 1.54) is 18.3 Å². The third kappa shape index (κ3) is 6.33. The number of amides is 2. The first-order valence-corrected chi connectivity index (χ1v) is 10.7. The molecule has 0 unspecified atom stereocenters. The van der Waals surface area contributed by atoms with E-state index in [-0.39, 0.29) is 28.8 Å². The van der Waals surface area contributed by atoms with Gasteiger partial charge in [0.2, 0.25) is 5.76 Å². The van der Waals surface area contributed by atoms with Crippen molar-refractivity contribution >= 4 is 51.3 Å². The molecule has 7 nitrogen and oxygen atoms in total. The third-order valence-electron chi connectivity index (χ3n) is 4.20. The number of pyridine rings is 1. The lowest BCUT2D eigenvalue weighted by atomic mass is 10.1. The summed E-state index contributed by atoms with van der Waals surface area (Å²) in [6, 6.07) is 8.38. The Morgan fingerprint density at radius 2 is 1.88 bits per heavy atom. The molecular weight excluding hydrogens is 442 g/mol. The van der Waals surface area contributed by atoms with Crippen LogP contribution >= 0.6 is 11.6 Å². The molecule has 0 aliphatic rings. The minimum Gasteiger partial charge on any atom is -0.460 e. The summed E-state index contributed by atoms with van der Waals surface area (Å²) in [4.78, 5) is 29.2. The van der Waals surface area contributed by atoms with Crippen molar-refractivity contribution in [3.8, 4) is 0 Å². The molecule has 2 amide bonds. The molecule has 0 atom stereocenters. The van der Waals surface area contributed by atoms with Gasteiger partial charge in [-0.15, -0.1) is 0 Å². The molecule has 0 radical (unpaired) electrons. The highest BCUT2D eigenvalue weighted by atomic mass is 35.5. The Balaban J connectivity index is 0.00000187. The Morgan fingerprint density at radius 3 is 2.55 bits per heavy atom. The molecule has 1 aromatic carbocycles. The highest BCUT2D eigenvalue weighted by Gasteiger charge is 2.23. The van der Waals surface area contributed by atoms with Crippen molar-refractivity contribution in [3.05, 3.63) is 84.6 Å². The van der Waals surface area contributed by atoms with Crippen LogP contribution in [0.3, 0.4) is 0 Å². The van der Waals surface area contributed by atoms with Gasteiger partial charge in [0.1, 0.15) is 5.76 Å². The molecule has 0 bridgehead atoms. The van der Waals surface area contributed by atoms with Crippen LogP contribution < -0.4 is 10.6 Å². The number of allylic oxidation sites excluding steroid dienone is 4. The van der Waals surface area contributed by atoms with E-state index >= 15 is 0 Å². The van der Waals surface area contributed by atoms with Gasteiger partial charge in [-0.1, -0.05) is 75.0 Å². The second-order valence-electron chi connectivity index (χ2n) is 6.28. The maximum absolute atomic E-state index is 12.7. The number of carbonyl (C=O) groups is 2. The summed E-state index contributed by atoms with van der Waals surface area (Å²) in [5.74, 6) is -0.671. The smallest absolute Gasteiger partial charge is 0.376 e. The number of aromatic nitrogens is 1. The van der Waals surface area contributed by atoms with Crippen molar-refractivity contribution in [2.24, 2.45) is 0 Å². The number of benzene rings is 1. The van der Waals surface area contributed by atoms with Gasteiger partial charge >= 0.3 is 12.0 Å². The molecule has 0 spiro atoms. The van der Waals surface area contributed by atoms with Gasteiger partial charge in [-0.3, -0.25) is 4.98 Å². The van der Waals surface area contributed by atoms with Gasteiger partial charge in [-0.25, -0.2) is 9.59 Å². The van der Waals surface area contributed by atoms with Crippen LogP contribution in [0.25, 0.3) is 16.3 Å². The summed E-state index contributed by atoms with van der Waals surface area (Å²) in [7, 11) is 0. The van der Waals surface area contributed by atoms with E-state index < -0.39 is 12.0 Å². The van der Waals surface area contributed by atoms with Gasteiger partial charge < -0.3 is 19.8 Å². The summed E-state index contributed by atoms with van der Waals surface area (Å²) in [6.45, 7) is 13.1. The molecule has 2 N–H and O–H groups in total. The number of furan rings is 1. The van der Waals surface area contributed by atoms with E-state index in [4.69, 9.17) is 20.8 Å². The van der Waals surface area contributed by atoms with E-state index in [2.05, 4.69) is 28.8 Å². The predicted octanol–water partition coefficient (Wildman–Crippen LogP) is 7.00. The number of nitrogens with one attached hydrogen (secondary N) is 2. The number of hydrogen-bond donors (Lipinski definition) is 2. The Labute approximate surface area is 197 Å². The molecule has 0 aliphatic carbocycles. The zero-order valence-corrected chi connectivity index (χ0v) is 19.5. The van der Waals surface area contributed by atoms with Gasteiger partial charge in [0.15, 0.2) is 0 Å². The number of urea groups is 1. The van der Waals surface area contributed by atoms with Crippen LogP contribution in [0.1, 0.15) is 37.1 Å². The van der Waals surface area contributed by atoms with E-state index in [0.717, 1.165) is 10.8 Å². The van der Waals surface area contributed by atoms with Crippen molar-refractivity contribution in [1.82, 2.24) is 4.98 Å². The Kier molecular flexibility index (Phi) is 9.45. The van der Waals surface area contributed by atoms with Gasteiger partial charge in [0, 0.05) is 33.6 Å². The molecule has 2 aromatic heterocycles. The van der Waals surface area contributed by atoms with Gasteiger partial charge in [0.25, 0.3) is 0 Å². The van der Waals surface area contributed by atoms with Gasteiger partial charge in [-0.2, -0.15) is 0 Å². The van der Waals surface area contributed by atoms with Crippen molar-refractivity contribution in [3.63, 3.8) is 0 Å². The van der Waals surface area contributed by atoms with Gasteiger partial charge in [0.05, 0.1) is 24.2 Å². The molecule has 0 saturated heterocycles. The van der Waals surface area contributed by atoms with Crippen molar-refractivity contribution in [1.29, 1.82) is 0 Å². The quantitative estimate of drug-likeness (QED) is 0.288. The number of anilines is 2. The molecule has 3 aromatic rings. The average molecular weight is 468 g/mol. The van der Waals surface area contributed by atoms with E-state index in [1.807, 2.05) is 38.1 Å². The van der Waals surface area contributed by atoms with Crippen LogP contribution in [0, 0.1) is 0 Å². The third-order valence-corrected chi connectivity index (χ3v) is 4.40. The number of fused-ring (bicyclic) bond motifs is 1. The van der Waals surface area contributed by atoms with Crippen molar-refractivity contribution in [2.75, 3.05) is 17.2 Å². The predicted molar refractivity (Wildman–Crippen MR) is 134 cm³/mol. The maximum atomic E-state index is 12.7. The number of rotatable bonds is 7. The Bertz CT molecular complexity index is 1190. The van der Waals surface area contributed by atoms with Crippen LogP contribution in [0.4, 0.5) is 16.2 Å². The van der Waals surface area contributed by atoms with Crippen LogP contribution in [-0.4, -0.2) is 23.6 Å². The molecule has 0 saturated carbocycles. The fourth-order valence-corrected chi connectivity index (χ4v) is 3.04. The van der Waals surface area contributed by atoms with Crippen molar-refractivity contribution in [2.45, 2.75) is 20.8 Å². The first-order chi connectivity index (χ1) is 15.9. The largest absolute Gasteiger partial charge is 0.460 e. The molecular formula is C25H26ClN3O4. The summed E-state index contributed by atoms with van der Waals surface area (Å²) in [5.41, 5.74) is 1.04. The Hall–Kier alpha value is -3.84. The van der Waals surface area contributed by atoms with Crippen LogP contribution in [-0.2, 0) is 4.74 Å². The molecule has 0 fully saturated rings. The molecule has 33 heavy (non-hydrogen) atoms. The second-order valence-corrected chi connectivity index (χ2v) is 6.74. The first kappa shape index (κ1) is 25.4. The SMILES string of the molecule is C=C/C=C(\C(=C)Cl)c1cc(NC(=O)Nc2cncc3ccccc23)c(C(=O)OCC)o1.CC. The summed E-state index contributed by atoms with van der Waals surface area (Å²) in [5, 5.41) is 7.23. The fraction of sp³-hybridized carbons (Fsp3) is 0.160. The highest BCUT2D eigenvalue weighted by Crippen LogP contribution is 2.32. The fourth-order valence-electron chi connectivity index (χ4n) is 2.88. The molecule has 172 valence electrons. The van der Waals surface area contributed by atoms with E-state index in [1.54, 1.807) is 19.2 Å². The van der Waals surface area contributed by atoms with Gasteiger partial charge in [-0.05, 0) is 6.92 Å². The standard InChI is InChI=1S/C23H20ClN3O4.C2H6/c1-4-8-16(14(3)24)20-11-18(21(31-20)22(28)30-5-2)26-23(29)27-19-13-25-12-15-9-6-7-10-17(15)19;1-2/h4,6-13H,1,3,5H2,2H3,(H2,26,27,29);1-2H3/b16-8+;. The maximum Gasteiger partial charge on any atom is 0.376 e. The Morgan fingerprint density at radius 1 is 1.18 bits per heavy atom. The lowest BCUT2D eigenvalue weighted by Gasteiger charge is -2.09. The average Bonchev–Trinajstić information content (AvgIpc) is 3.22. The minimum absolute atomic E-state index is 0.118. The number of esters is 1. The van der Waals surface area contributed by atoms with Crippen LogP contribution in [0.2, 0.25) is 0 Å².